The van der Waals surface area contributed by atoms with Crippen LogP contribution in [0.3, 0.4) is 0 Å². The quantitative estimate of drug-likeness (QED) is 0.651. The van der Waals surface area contributed by atoms with Crippen molar-refractivity contribution >= 4 is 16.9 Å². The monoisotopic (exact) mass is 383 g/mol. The summed E-state index contributed by atoms with van der Waals surface area (Å²) in [5, 5.41) is 12.0. The van der Waals surface area contributed by atoms with Gasteiger partial charge >= 0.3 is 0 Å². The van der Waals surface area contributed by atoms with Gasteiger partial charge in [0.1, 0.15) is 22.8 Å². The SMILES string of the molecule is Cc1oc2cc(OCC(=O)NCC(C)O)ccc2c(=O)c1Oc1ccccc1. The van der Waals surface area contributed by atoms with E-state index in [1.807, 2.05) is 18.2 Å². The number of hydrogen-bond acceptors (Lipinski definition) is 6. The Hall–Kier alpha value is -3.32. The number of ether oxygens (including phenoxy) is 2. The molecule has 3 aromatic rings. The Bertz CT molecular complexity index is 1030. The van der Waals surface area contributed by atoms with E-state index in [9.17, 15) is 9.59 Å². The summed E-state index contributed by atoms with van der Waals surface area (Å²) in [6.07, 6.45) is -0.630. The first-order valence-electron chi connectivity index (χ1n) is 8.82. The molecule has 1 aromatic heterocycles. The second kappa shape index (κ2) is 8.58. The Kier molecular flexibility index (Phi) is 5.96. The van der Waals surface area contributed by atoms with Gasteiger partial charge < -0.3 is 24.3 Å². The van der Waals surface area contributed by atoms with Gasteiger partial charge in [0.2, 0.25) is 11.2 Å². The van der Waals surface area contributed by atoms with E-state index in [0.29, 0.717) is 28.2 Å². The lowest BCUT2D eigenvalue weighted by Gasteiger charge is -2.11. The molecule has 3 rings (SSSR count). The van der Waals surface area contributed by atoms with Crippen molar-refractivity contribution in [3.8, 4) is 17.2 Å². The van der Waals surface area contributed by atoms with Crippen LogP contribution in [0.1, 0.15) is 12.7 Å². The molecule has 7 nitrogen and oxygen atoms in total. The molecule has 0 radical (unpaired) electrons. The molecule has 2 N–H and O–H groups in total. The second-order valence-electron chi connectivity index (χ2n) is 6.33. The van der Waals surface area contributed by atoms with E-state index < -0.39 is 6.10 Å². The van der Waals surface area contributed by atoms with E-state index in [1.165, 1.54) is 0 Å². The maximum Gasteiger partial charge on any atom is 0.258 e. The zero-order chi connectivity index (χ0) is 20.1. The Morgan fingerprint density at radius 2 is 1.93 bits per heavy atom. The number of amides is 1. The predicted molar refractivity (Wildman–Crippen MR) is 104 cm³/mol. The van der Waals surface area contributed by atoms with Crippen LogP contribution < -0.4 is 20.2 Å². The Balaban J connectivity index is 1.79. The number of carbonyl (C=O) groups is 1. The number of aliphatic hydroxyl groups excluding tert-OH is 1. The first-order chi connectivity index (χ1) is 13.4. The van der Waals surface area contributed by atoms with Crippen molar-refractivity contribution in [2.75, 3.05) is 13.2 Å². The largest absolute Gasteiger partial charge is 0.484 e. The van der Waals surface area contributed by atoms with Crippen LogP contribution in [0.25, 0.3) is 11.0 Å². The van der Waals surface area contributed by atoms with Crippen molar-refractivity contribution < 1.29 is 23.8 Å². The average molecular weight is 383 g/mol. The number of aliphatic hydroxyl groups is 1. The normalized spacial score (nSPS) is 11.8. The number of para-hydroxylation sites is 1. The maximum absolute atomic E-state index is 12.8. The Morgan fingerprint density at radius 1 is 1.18 bits per heavy atom. The smallest absolute Gasteiger partial charge is 0.258 e. The molecule has 1 amide bonds. The molecule has 2 aromatic carbocycles. The first kappa shape index (κ1) is 19.4. The summed E-state index contributed by atoms with van der Waals surface area (Å²) in [4.78, 5) is 24.4. The van der Waals surface area contributed by atoms with Gasteiger partial charge in [0.05, 0.1) is 11.5 Å². The minimum atomic E-state index is -0.630. The molecule has 0 aliphatic rings. The Morgan fingerprint density at radius 3 is 2.64 bits per heavy atom. The highest BCUT2D eigenvalue weighted by Crippen LogP contribution is 2.27. The molecule has 0 aliphatic carbocycles. The molecule has 0 bridgehead atoms. The summed E-state index contributed by atoms with van der Waals surface area (Å²) >= 11 is 0. The number of carbonyl (C=O) groups excluding carboxylic acids is 1. The highest BCUT2D eigenvalue weighted by Gasteiger charge is 2.15. The van der Waals surface area contributed by atoms with Gasteiger partial charge in [0.25, 0.3) is 5.91 Å². The average Bonchev–Trinajstić information content (AvgIpc) is 2.68. The van der Waals surface area contributed by atoms with E-state index in [2.05, 4.69) is 5.32 Å². The zero-order valence-corrected chi connectivity index (χ0v) is 15.6. The molecule has 1 heterocycles. The van der Waals surface area contributed by atoms with Crippen LogP contribution in [0.4, 0.5) is 0 Å². The summed E-state index contributed by atoms with van der Waals surface area (Å²) in [5.74, 6) is 1.04. The van der Waals surface area contributed by atoms with Crippen molar-refractivity contribution in [3.63, 3.8) is 0 Å². The summed E-state index contributed by atoms with van der Waals surface area (Å²) in [6, 6.07) is 13.7. The third-order valence-electron chi connectivity index (χ3n) is 3.91. The minimum absolute atomic E-state index is 0.130. The molecule has 0 saturated carbocycles. The Labute approximate surface area is 161 Å². The summed E-state index contributed by atoms with van der Waals surface area (Å²) in [5.41, 5.74) is 0.0497. The summed E-state index contributed by atoms with van der Waals surface area (Å²) in [7, 11) is 0. The molecule has 1 atom stereocenters. The molecule has 1 unspecified atom stereocenters. The van der Waals surface area contributed by atoms with E-state index in [-0.39, 0.29) is 30.2 Å². The lowest BCUT2D eigenvalue weighted by atomic mass is 10.2. The van der Waals surface area contributed by atoms with E-state index in [0.717, 1.165) is 0 Å². The predicted octanol–water partition coefficient (Wildman–Crippen LogP) is 2.77. The molecule has 0 saturated heterocycles. The van der Waals surface area contributed by atoms with Crippen molar-refractivity contribution in [3.05, 3.63) is 64.5 Å². The van der Waals surface area contributed by atoms with Crippen LogP contribution >= 0.6 is 0 Å². The number of hydrogen-bond donors (Lipinski definition) is 2. The highest BCUT2D eigenvalue weighted by atomic mass is 16.5. The van der Waals surface area contributed by atoms with E-state index >= 15 is 0 Å². The molecule has 146 valence electrons. The zero-order valence-electron chi connectivity index (χ0n) is 15.6. The van der Waals surface area contributed by atoms with Gasteiger partial charge in [-0.1, -0.05) is 18.2 Å². The van der Waals surface area contributed by atoms with Crippen LogP contribution in [0.15, 0.2) is 57.7 Å². The number of aryl methyl sites for hydroxylation is 1. The lowest BCUT2D eigenvalue weighted by molar-refractivity contribution is -0.123. The number of benzene rings is 2. The standard InChI is InChI=1S/C21H21NO6/c1-13(23)11-22-19(24)12-26-16-8-9-17-18(10-16)27-14(2)21(20(17)25)28-15-6-4-3-5-7-15/h3-10,13,23H,11-12H2,1-2H3,(H,22,24). The number of fused-ring (bicyclic) bond motifs is 1. The van der Waals surface area contributed by atoms with E-state index in [1.54, 1.807) is 44.2 Å². The third kappa shape index (κ3) is 4.69. The molecular weight excluding hydrogens is 362 g/mol. The highest BCUT2D eigenvalue weighted by molar-refractivity contribution is 5.80. The molecule has 0 spiro atoms. The number of rotatable bonds is 7. The van der Waals surface area contributed by atoms with Gasteiger partial charge in [-0.3, -0.25) is 9.59 Å². The molecule has 7 heteroatoms. The van der Waals surface area contributed by atoms with E-state index in [4.69, 9.17) is 19.0 Å². The van der Waals surface area contributed by atoms with Crippen LogP contribution in [-0.2, 0) is 4.79 Å². The fourth-order valence-electron chi connectivity index (χ4n) is 2.54. The van der Waals surface area contributed by atoms with Gasteiger partial charge in [0, 0.05) is 12.6 Å². The minimum Gasteiger partial charge on any atom is -0.484 e. The van der Waals surface area contributed by atoms with Crippen molar-refractivity contribution in [1.82, 2.24) is 5.32 Å². The lowest BCUT2D eigenvalue weighted by Crippen LogP contribution is -2.34. The van der Waals surface area contributed by atoms with Crippen LogP contribution in [0.2, 0.25) is 0 Å². The summed E-state index contributed by atoms with van der Waals surface area (Å²) < 4.78 is 16.9. The van der Waals surface area contributed by atoms with Crippen molar-refractivity contribution in [2.24, 2.45) is 0 Å². The van der Waals surface area contributed by atoms with Gasteiger partial charge in [0.15, 0.2) is 6.61 Å². The fraction of sp³-hybridized carbons (Fsp3) is 0.238. The fourth-order valence-corrected chi connectivity index (χ4v) is 2.54. The maximum atomic E-state index is 12.8. The van der Waals surface area contributed by atoms with Gasteiger partial charge in [-0.05, 0) is 38.1 Å². The third-order valence-corrected chi connectivity index (χ3v) is 3.91. The molecule has 0 fully saturated rings. The van der Waals surface area contributed by atoms with Crippen molar-refractivity contribution in [1.29, 1.82) is 0 Å². The topological polar surface area (TPSA) is 98.0 Å². The number of nitrogens with one attached hydrogen (secondary N) is 1. The summed E-state index contributed by atoms with van der Waals surface area (Å²) in [6.45, 7) is 3.16. The van der Waals surface area contributed by atoms with Crippen LogP contribution in [0, 0.1) is 6.92 Å². The van der Waals surface area contributed by atoms with Crippen molar-refractivity contribution in [2.45, 2.75) is 20.0 Å². The van der Waals surface area contributed by atoms with Crippen LogP contribution in [0.5, 0.6) is 17.2 Å². The second-order valence-corrected chi connectivity index (χ2v) is 6.33. The first-order valence-corrected chi connectivity index (χ1v) is 8.82. The van der Waals surface area contributed by atoms with Gasteiger partial charge in [-0.15, -0.1) is 0 Å². The van der Waals surface area contributed by atoms with Gasteiger partial charge in [-0.25, -0.2) is 0 Å². The van der Waals surface area contributed by atoms with Crippen LogP contribution in [-0.4, -0.2) is 30.3 Å². The molecule has 28 heavy (non-hydrogen) atoms. The molecule has 0 aliphatic heterocycles. The van der Waals surface area contributed by atoms with Gasteiger partial charge in [-0.2, -0.15) is 0 Å². The molecular formula is C21H21NO6.